The van der Waals surface area contributed by atoms with Crippen LogP contribution in [0.4, 0.5) is 18.0 Å². The van der Waals surface area contributed by atoms with Crippen molar-refractivity contribution < 1.29 is 22.8 Å². The first-order valence-corrected chi connectivity index (χ1v) is 5.70. The quantitative estimate of drug-likeness (QED) is 0.757. The van der Waals surface area contributed by atoms with Gasteiger partial charge in [-0.1, -0.05) is 12.8 Å². The smallest absolute Gasteiger partial charge is 0.324 e. The lowest BCUT2D eigenvalue weighted by Crippen LogP contribution is -2.52. The number of alkyl halides is 3. The van der Waals surface area contributed by atoms with Crippen LogP contribution in [0.15, 0.2) is 0 Å². The summed E-state index contributed by atoms with van der Waals surface area (Å²) in [6.45, 7) is 1.83. The van der Waals surface area contributed by atoms with Crippen LogP contribution in [0.3, 0.4) is 0 Å². The molecule has 4 nitrogen and oxygen atoms in total. The second-order valence-electron chi connectivity index (χ2n) is 4.07. The van der Waals surface area contributed by atoms with Crippen molar-refractivity contribution in [1.82, 2.24) is 10.8 Å². The summed E-state index contributed by atoms with van der Waals surface area (Å²) in [4.78, 5) is 15.7. The molecular weight excluding hydrogens is 237 g/mol. The first-order chi connectivity index (χ1) is 7.95. The highest BCUT2D eigenvalue weighted by molar-refractivity contribution is 5.73. The lowest BCUT2D eigenvalue weighted by Gasteiger charge is -2.26. The average Bonchev–Trinajstić information content (AvgIpc) is 2.74. The van der Waals surface area contributed by atoms with Crippen LogP contribution in [0.5, 0.6) is 0 Å². The van der Waals surface area contributed by atoms with E-state index in [1.165, 1.54) is 0 Å². The van der Waals surface area contributed by atoms with Gasteiger partial charge in [-0.3, -0.25) is 4.84 Å². The topological polar surface area (TPSA) is 50.4 Å². The van der Waals surface area contributed by atoms with Crippen molar-refractivity contribution in [1.29, 1.82) is 0 Å². The van der Waals surface area contributed by atoms with Gasteiger partial charge in [-0.2, -0.15) is 13.2 Å². The maximum absolute atomic E-state index is 12.8. The number of hydroxylamine groups is 1. The van der Waals surface area contributed by atoms with Gasteiger partial charge in [-0.05, 0) is 25.7 Å². The summed E-state index contributed by atoms with van der Waals surface area (Å²) >= 11 is 0. The molecule has 0 saturated heterocycles. The Morgan fingerprint density at radius 3 is 2.47 bits per heavy atom. The van der Waals surface area contributed by atoms with E-state index < -0.39 is 24.2 Å². The van der Waals surface area contributed by atoms with Gasteiger partial charge in [0.2, 0.25) is 0 Å². The number of hydrogen-bond donors (Lipinski definition) is 2. The van der Waals surface area contributed by atoms with E-state index in [2.05, 4.69) is 4.84 Å². The van der Waals surface area contributed by atoms with Crippen LogP contribution in [0.25, 0.3) is 0 Å². The summed E-state index contributed by atoms with van der Waals surface area (Å²) in [5.74, 6) is -0.526. The number of carbonyl (C=O) groups is 1. The maximum Gasteiger partial charge on any atom is 0.408 e. The van der Waals surface area contributed by atoms with Crippen molar-refractivity contribution in [3.05, 3.63) is 0 Å². The van der Waals surface area contributed by atoms with Crippen molar-refractivity contribution in [2.45, 2.75) is 44.8 Å². The number of amides is 2. The Bertz CT molecular complexity index is 252. The van der Waals surface area contributed by atoms with Gasteiger partial charge < -0.3 is 5.32 Å². The Labute approximate surface area is 97.8 Å². The standard InChI is InChI=1S/C10H17F3N2O2/c1-2-17-15-9(16)14-8(10(11,12)13)7-5-3-4-6-7/h7-8H,2-6H2,1H3,(H2,14,15,16)/t8-/m0/s1. The molecule has 0 aromatic rings. The lowest BCUT2D eigenvalue weighted by atomic mass is 9.98. The van der Waals surface area contributed by atoms with E-state index >= 15 is 0 Å². The molecule has 0 heterocycles. The average molecular weight is 254 g/mol. The third-order valence-electron chi connectivity index (χ3n) is 2.82. The van der Waals surface area contributed by atoms with Gasteiger partial charge in [0.15, 0.2) is 0 Å². The molecule has 0 unspecified atom stereocenters. The fraction of sp³-hybridized carbons (Fsp3) is 0.900. The van der Waals surface area contributed by atoms with Crippen molar-refractivity contribution in [2.24, 2.45) is 5.92 Å². The Hall–Kier alpha value is -0.980. The zero-order valence-corrected chi connectivity index (χ0v) is 9.64. The molecule has 1 aliphatic rings. The van der Waals surface area contributed by atoms with Crippen LogP contribution in [-0.2, 0) is 4.84 Å². The summed E-state index contributed by atoms with van der Waals surface area (Å²) in [7, 11) is 0. The molecule has 0 radical (unpaired) electrons. The summed E-state index contributed by atoms with van der Waals surface area (Å²) in [6.07, 6.45) is -1.85. The first kappa shape index (κ1) is 14.1. The van der Waals surface area contributed by atoms with E-state index in [1.807, 2.05) is 10.8 Å². The van der Waals surface area contributed by atoms with Gasteiger partial charge in [0.25, 0.3) is 0 Å². The van der Waals surface area contributed by atoms with Crippen molar-refractivity contribution in [3.63, 3.8) is 0 Å². The molecule has 2 amide bonds. The molecule has 1 atom stereocenters. The molecular formula is C10H17F3N2O2. The van der Waals surface area contributed by atoms with E-state index in [4.69, 9.17) is 0 Å². The Morgan fingerprint density at radius 1 is 1.41 bits per heavy atom. The molecule has 7 heteroatoms. The summed E-state index contributed by atoms with van der Waals surface area (Å²) in [5, 5.41) is 1.93. The lowest BCUT2D eigenvalue weighted by molar-refractivity contribution is -0.165. The third kappa shape index (κ3) is 4.41. The summed E-state index contributed by atoms with van der Waals surface area (Å²) in [5.41, 5.74) is 1.91. The molecule has 1 saturated carbocycles. The Balaban J connectivity index is 2.54. The normalized spacial score (nSPS) is 19.1. The molecule has 2 N–H and O–H groups in total. The third-order valence-corrected chi connectivity index (χ3v) is 2.82. The van der Waals surface area contributed by atoms with Crippen LogP contribution in [0.2, 0.25) is 0 Å². The second kappa shape index (κ2) is 6.09. The SMILES string of the molecule is CCONC(=O)N[C@@H](C1CCCC1)C(F)(F)F. The molecule has 0 aliphatic heterocycles. The number of nitrogens with one attached hydrogen (secondary N) is 2. The van der Waals surface area contributed by atoms with Crippen molar-refractivity contribution in [2.75, 3.05) is 6.61 Å². The van der Waals surface area contributed by atoms with Crippen molar-refractivity contribution >= 4 is 6.03 Å². The highest BCUT2D eigenvalue weighted by Gasteiger charge is 2.46. The van der Waals surface area contributed by atoms with E-state index in [0.29, 0.717) is 12.8 Å². The molecule has 1 rings (SSSR count). The molecule has 0 bridgehead atoms. The first-order valence-electron chi connectivity index (χ1n) is 5.70. The molecule has 100 valence electrons. The van der Waals surface area contributed by atoms with E-state index in [-0.39, 0.29) is 6.61 Å². The van der Waals surface area contributed by atoms with Gasteiger partial charge in [-0.25, -0.2) is 10.3 Å². The molecule has 17 heavy (non-hydrogen) atoms. The minimum absolute atomic E-state index is 0.202. The number of rotatable bonds is 4. The Kier molecular flexibility index (Phi) is 5.04. The monoisotopic (exact) mass is 254 g/mol. The van der Waals surface area contributed by atoms with Crippen LogP contribution >= 0.6 is 0 Å². The molecule has 0 aromatic carbocycles. The van der Waals surface area contributed by atoms with Crippen LogP contribution in [0.1, 0.15) is 32.6 Å². The molecule has 1 aliphatic carbocycles. The Morgan fingerprint density at radius 2 is 2.00 bits per heavy atom. The summed E-state index contributed by atoms with van der Waals surface area (Å²) < 4.78 is 38.3. The molecule has 0 spiro atoms. The summed E-state index contributed by atoms with van der Waals surface area (Å²) in [6, 6.07) is -2.73. The van der Waals surface area contributed by atoms with E-state index in [9.17, 15) is 18.0 Å². The fourth-order valence-electron chi connectivity index (χ4n) is 2.07. The largest absolute Gasteiger partial charge is 0.408 e. The predicted molar refractivity (Wildman–Crippen MR) is 55.1 cm³/mol. The number of hydrogen-bond acceptors (Lipinski definition) is 2. The zero-order valence-electron chi connectivity index (χ0n) is 9.64. The highest BCUT2D eigenvalue weighted by Crippen LogP contribution is 2.35. The number of urea groups is 1. The van der Waals surface area contributed by atoms with Crippen molar-refractivity contribution in [3.8, 4) is 0 Å². The predicted octanol–water partition coefficient (Wildman–Crippen LogP) is 2.36. The highest BCUT2D eigenvalue weighted by atomic mass is 19.4. The number of halogens is 3. The molecule has 1 fully saturated rings. The van der Waals surface area contributed by atoms with E-state index in [1.54, 1.807) is 6.92 Å². The zero-order chi connectivity index (χ0) is 12.9. The second-order valence-corrected chi connectivity index (χ2v) is 4.07. The fourth-order valence-corrected chi connectivity index (χ4v) is 2.07. The van der Waals surface area contributed by atoms with Crippen LogP contribution < -0.4 is 10.8 Å². The van der Waals surface area contributed by atoms with E-state index in [0.717, 1.165) is 12.8 Å². The molecule has 0 aromatic heterocycles. The van der Waals surface area contributed by atoms with Crippen LogP contribution in [0, 0.1) is 5.92 Å². The minimum atomic E-state index is -4.42. The van der Waals surface area contributed by atoms with Gasteiger partial charge in [0, 0.05) is 0 Å². The van der Waals surface area contributed by atoms with Crippen LogP contribution in [-0.4, -0.2) is 24.9 Å². The number of carbonyl (C=O) groups excluding carboxylic acids is 1. The van der Waals surface area contributed by atoms with Gasteiger partial charge in [0.1, 0.15) is 6.04 Å². The van der Waals surface area contributed by atoms with Gasteiger partial charge in [-0.15, -0.1) is 0 Å². The minimum Gasteiger partial charge on any atom is -0.324 e. The maximum atomic E-state index is 12.8. The van der Waals surface area contributed by atoms with Gasteiger partial charge in [0.05, 0.1) is 6.61 Å². The van der Waals surface area contributed by atoms with Gasteiger partial charge >= 0.3 is 12.2 Å².